The van der Waals surface area contributed by atoms with Gasteiger partial charge in [-0.3, -0.25) is 0 Å². The summed E-state index contributed by atoms with van der Waals surface area (Å²) in [6.07, 6.45) is 9.55. The molecule has 90 valence electrons. The lowest BCUT2D eigenvalue weighted by Crippen LogP contribution is -2.20. The number of nitrogens with one attached hydrogen (secondary N) is 2. The molecule has 2 heterocycles. The van der Waals surface area contributed by atoms with Crippen molar-refractivity contribution < 1.29 is 0 Å². The number of hydrogen-bond donors (Lipinski definition) is 2. The largest absolute Gasteiger partial charge is 0.346 e. The average molecular weight is 229 g/mol. The van der Waals surface area contributed by atoms with Crippen molar-refractivity contribution in [1.82, 2.24) is 15.3 Å². The molecule has 3 nitrogen and oxygen atoms in total. The molecule has 0 unspecified atom stereocenters. The number of aromatic nitrogens is 2. The van der Waals surface area contributed by atoms with Gasteiger partial charge in [0.25, 0.3) is 0 Å². The van der Waals surface area contributed by atoms with E-state index in [4.69, 9.17) is 0 Å². The lowest BCUT2D eigenvalue weighted by molar-refractivity contribution is 0.292. The number of hydrogen-bond acceptors (Lipinski definition) is 2. The zero-order chi connectivity index (χ0) is 11.5. The minimum absolute atomic E-state index is 0.943. The van der Waals surface area contributed by atoms with Crippen molar-refractivity contribution in [3.63, 3.8) is 0 Å². The minimum atomic E-state index is 0.943. The van der Waals surface area contributed by atoms with Crippen molar-refractivity contribution in [3.8, 4) is 0 Å². The van der Waals surface area contributed by atoms with Crippen LogP contribution in [0.1, 0.15) is 31.2 Å². The van der Waals surface area contributed by atoms with Crippen LogP contribution in [0.15, 0.2) is 24.5 Å². The Hall–Kier alpha value is -1.35. The van der Waals surface area contributed by atoms with E-state index in [-0.39, 0.29) is 0 Å². The van der Waals surface area contributed by atoms with Gasteiger partial charge in [-0.25, -0.2) is 4.98 Å². The minimum Gasteiger partial charge on any atom is -0.346 e. The maximum atomic E-state index is 4.30. The average Bonchev–Trinajstić information content (AvgIpc) is 2.70. The third-order valence-corrected chi connectivity index (χ3v) is 3.81. The highest BCUT2D eigenvalue weighted by atomic mass is 14.9. The van der Waals surface area contributed by atoms with Crippen molar-refractivity contribution in [2.24, 2.45) is 5.92 Å². The highest BCUT2D eigenvalue weighted by Crippen LogP contribution is 2.28. The van der Waals surface area contributed by atoms with E-state index < -0.39 is 0 Å². The molecule has 2 aromatic heterocycles. The summed E-state index contributed by atoms with van der Waals surface area (Å²) in [5.74, 6) is 0.993. The number of nitrogens with zero attached hydrogens (tertiary/aromatic N) is 1. The molecule has 0 aromatic carbocycles. The number of H-pyrrole nitrogens is 1. The molecule has 3 rings (SSSR count). The van der Waals surface area contributed by atoms with E-state index in [1.165, 1.54) is 36.6 Å². The fraction of sp³-hybridized carbons (Fsp3) is 0.500. The molecule has 2 N–H and O–H groups in total. The zero-order valence-corrected chi connectivity index (χ0v) is 10.1. The van der Waals surface area contributed by atoms with Gasteiger partial charge < -0.3 is 10.3 Å². The van der Waals surface area contributed by atoms with Gasteiger partial charge in [-0.15, -0.1) is 0 Å². The summed E-state index contributed by atoms with van der Waals surface area (Å²) < 4.78 is 0. The van der Waals surface area contributed by atoms with Gasteiger partial charge in [-0.1, -0.05) is 19.3 Å². The highest BCUT2D eigenvalue weighted by molar-refractivity contribution is 5.79. The van der Waals surface area contributed by atoms with Crippen LogP contribution in [0.3, 0.4) is 0 Å². The first-order valence-corrected chi connectivity index (χ1v) is 6.55. The molecule has 2 aromatic rings. The molecule has 0 aliphatic heterocycles. The molecule has 3 heteroatoms. The van der Waals surface area contributed by atoms with Crippen LogP contribution in [0.2, 0.25) is 0 Å². The number of fused-ring (bicyclic) bond motifs is 1. The van der Waals surface area contributed by atoms with E-state index in [1.54, 1.807) is 0 Å². The number of rotatable bonds is 5. The molecule has 0 spiro atoms. The van der Waals surface area contributed by atoms with Gasteiger partial charge >= 0.3 is 0 Å². The molecule has 0 amide bonds. The van der Waals surface area contributed by atoms with Crippen LogP contribution in [-0.2, 0) is 6.54 Å². The Kier molecular flexibility index (Phi) is 3.10. The SMILES string of the molecule is c1cnc2[nH]cc(CNCCC3CCC3)c2c1. The predicted octanol–water partition coefficient (Wildman–Crippen LogP) is 2.84. The van der Waals surface area contributed by atoms with E-state index in [0.717, 1.165) is 24.7 Å². The molecular weight excluding hydrogens is 210 g/mol. The Bertz CT molecular complexity index is 485. The second-order valence-electron chi connectivity index (χ2n) is 4.98. The molecule has 1 saturated carbocycles. The van der Waals surface area contributed by atoms with Gasteiger partial charge in [-0.2, -0.15) is 0 Å². The Balaban J connectivity index is 1.53. The van der Waals surface area contributed by atoms with E-state index in [9.17, 15) is 0 Å². The van der Waals surface area contributed by atoms with Gasteiger partial charge in [0.1, 0.15) is 5.65 Å². The number of aromatic amines is 1. The van der Waals surface area contributed by atoms with Crippen molar-refractivity contribution in [1.29, 1.82) is 0 Å². The van der Waals surface area contributed by atoms with Crippen molar-refractivity contribution in [3.05, 3.63) is 30.1 Å². The van der Waals surface area contributed by atoms with E-state index in [2.05, 4.69) is 27.5 Å². The molecular formula is C14H19N3. The Morgan fingerprint density at radius 3 is 3.18 bits per heavy atom. The lowest BCUT2D eigenvalue weighted by atomic mass is 9.83. The van der Waals surface area contributed by atoms with Gasteiger partial charge in [0.2, 0.25) is 0 Å². The third kappa shape index (κ3) is 2.34. The van der Waals surface area contributed by atoms with Crippen LogP contribution in [0.25, 0.3) is 11.0 Å². The molecule has 17 heavy (non-hydrogen) atoms. The Labute approximate surface area is 102 Å². The molecule has 0 radical (unpaired) electrons. The van der Waals surface area contributed by atoms with Crippen LogP contribution in [-0.4, -0.2) is 16.5 Å². The quantitative estimate of drug-likeness (QED) is 0.774. The molecule has 0 bridgehead atoms. The summed E-state index contributed by atoms with van der Waals surface area (Å²) >= 11 is 0. The lowest BCUT2D eigenvalue weighted by Gasteiger charge is -2.25. The second-order valence-corrected chi connectivity index (χ2v) is 4.98. The van der Waals surface area contributed by atoms with Crippen LogP contribution in [0, 0.1) is 5.92 Å². The molecule has 1 aliphatic carbocycles. The summed E-state index contributed by atoms with van der Waals surface area (Å²) in [7, 11) is 0. The van der Waals surface area contributed by atoms with Crippen LogP contribution in [0.4, 0.5) is 0 Å². The molecule has 0 saturated heterocycles. The topological polar surface area (TPSA) is 40.7 Å². The van der Waals surface area contributed by atoms with Crippen molar-refractivity contribution in [2.45, 2.75) is 32.2 Å². The first kappa shape index (κ1) is 10.8. The molecule has 1 aliphatic rings. The zero-order valence-electron chi connectivity index (χ0n) is 10.1. The second kappa shape index (κ2) is 4.88. The summed E-state index contributed by atoms with van der Waals surface area (Å²) in [4.78, 5) is 7.51. The monoisotopic (exact) mass is 229 g/mol. The summed E-state index contributed by atoms with van der Waals surface area (Å²) in [5, 5.41) is 4.77. The summed E-state index contributed by atoms with van der Waals surface area (Å²) in [6.45, 7) is 2.08. The van der Waals surface area contributed by atoms with Crippen LogP contribution >= 0.6 is 0 Å². The third-order valence-electron chi connectivity index (χ3n) is 3.81. The summed E-state index contributed by atoms with van der Waals surface area (Å²) in [6, 6.07) is 4.12. The normalized spacial score (nSPS) is 16.2. The fourth-order valence-electron chi connectivity index (χ4n) is 2.47. The Morgan fingerprint density at radius 1 is 1.41 bits per heavy atom. The van der Waals surface area contributed by atoms with Crippen LogP contribution in [0.5, 0.6) is 0 Å². The van der Waals surface area contributed by atoms with Gasteiger partial charge in [0.15, 0.2) is 0 Å². The van der Waals surface area contributed by atoms with E-state index >= 15 is 0 Å². The number of pyridine rings is 1. The fourth-order valence-corrected chi connectivity index (χ4v) is 2.47. The Morgan fingerprint density at radius 2 is 2.35 bits per heavy atom. The molecule has 0 atom stereocenters. The maximum absolute atomic E-state index is 4.30. The molecule has 1 fully saturated rings. The first-order chi connectivity index (χ1) is 8.43. The standard InChI is InChI=1S/C14H19N3/c1-3-11(4-1)6-8-15-9-12-10-17-14-13(12)5-2-7-16-14/h2,5,7,10-11,15H,1,3-4,6,8-9H2,(H,16,17). The van der Waals surface area contributed by atoms with E-state index in [1.807, 2.05) is 12.3 Å². The predicted molar refractivity (Wildman–Crippen MR) is 69.8 cm³/mol. The van der Waals surface area contributed by atoms with Crippen molar-refractivity contribution >= 4 is 11.0 Å². The van der Waals surface area contributed by atoms with Gasteiger partial charge in [0, 0.05) is 24.3 Å². The van der Waals surface area contributed by atoms with Crippen molar-refractivity contribution in [2.75, 3.05) is 6.54 Å². The maximum Gasteiger partial charge on any atom is 0.137 e. The van der Waals surface area contributed by atoms with Gasteiger partial charge in [-0.05, 0) is 36.6 Å². The smallest absolute Gasteiger partial charge is 0.137 e. The highest BCUT2D eigenvalue weighted by Gasteiger charge is 2.16. The summed E-state index contributed by atoms with van der Waals surface area (Å²) in [5.41, 5.74) is 2.31. The van der Waals surface area contributed by atoms with Crippen LogP contribution < -0.4 is 5.32 Å². The first-order valence-electron chi connectivity index (χ1n) is 6.55. The van der Waals surface area contributed by atoms with Gasteiger partial charge in [0.05, 0.1) is 0 Å². The van der Waals surface area contributed by atoms with E-state index in [0.29, 0.717) is 0 Å².